The quantitative estimate of drug-likeness (QED) is 0.308. The van der Waals surface area contributed by atoms with Crippen molar-refractivity contribution >= 4 is 48.8 Å². The summed E-state index contributed by atoms with van der Waals surface area (Å²) in [5, 5.41) is 6.38. The minimum absolute atomic E-state index is 0.0324. The van der Waals surface area contributed by atoms with Gasteiger partial charge in [-0.3, -0.25) is 24.6 Å². The predicted molar refractivity (Wildman–Crippen MR) is 169 cm³/mol. The number of ketones is 2. The number of sulfonamides is 2. The normalized spacial score (nSPS) is 21.1. The van der Waals surface area contributed by atoms with Crippen LogP contribution in [0.5, 0.6) is 0 Å². The Balaban J connectivity index is 1.61. The first-order chi connectivity index (χ1) is 20.5. The molecule has 0 saturated carbocycles. The fraction of sp³-hybridized carbons (Fsp3) is 0.355. The van der Waals surface area contributed by atoms with Gasteiger partial charge in [-0.2, -0.15) is 8.42 Å². The molecule has 2 heterocycles. The highest BCUT2D eigenvalue weighted by molar-refractivity contribution is 7.92. The zero-order valence-corrected chi connectivity index (χ0v) is 26.8. The van der Waals surface area contributed by atoms with Gasteiger partial charge < -0.3 is 5.32 Å². The van der Waals surface area contributed by atoms with Crippen molar-refractivity contribution in [3.63, 3.8) is 0 Å². The van der Waals surface area contributed by atoms with Gasteiger partial charge in [0.15, 0.2) is 11.6 Å². The Morgan fingerprint density at radius 3 is 2.43 bits per heavy atom. The molecule has 5 rings (SSSR count). The van der Waals surface area contributed by atoms with Gasteiger partial charge >= 0.3 is 0 Å². The van der Waals surface area contributed by atoms with Crippen molar-refractivity contribution < 1.29 is 26.4 Å². The molecule has 232 valence electrons. The molecule has 0 spiro atoms. The smallest absolute Gasteiger partial charge is 0.286 e. The third-order valence-corrected chi connectivity index (χ3v) is 9.67. The number of rotatable bonds is 8. The molecule has 3 aromatic rings. The summed E-state index contributed by atoms with van der Waals surface area (Å²) in [7, 11) is -8.09. The number of hydrogen-bond acceptors (Lipinski definition) is 9. The van der Waals surface area contributed by atoms with Crippen LogP contribution in [0.15, 0.2) is 70.1 Å². The standard InChI is InChI=1S/C31H35N5O6S2/c1-19-10-11-20(17-32-19)18-33-31(15-14-30(2,3)4)23-9-7-6-8-22(23)27(37)26(28(31)38)29-34-24-13-12-21(35-43(5,39)40)16-25(24)44(41,42)36-29/h6-13,16-17,26,33,35H,14-15,18H2,1-5H3,(H,34,36). The fourth-order valence-electron chi connectivity index (χ4n) is 5.50. The number of hydrogen-bond donors (Lipinski definition) is 3. The molecule has 1 aliphatic heterocycles. The van der Waals surface area contributed by atoms with Crippen LogP contribution in [0.1, 0.15) is 60.8 Å². The minimum atomic E-state index is -4.42. The zero-order valence-electron chi connectivity index (χ0n) is 25.1. The van der Waals surface area contributed by atoms with E-state index in [2.05, 4.69) is 45.5 Å². The highest BCUT2D eigenvalue weighted by Gasteiger charge is 2.54. The number of Topliss-reactive ketones (excluding diaryl/α,β-unsaturated/α-hetero) is 2. The van der Waals surface area contributed by atoms with Gasteiger partial charge in [-0.15, -0.1) is 4.40 Å². The number of amidine groups is 1. The van der Waals surface area contributed by atoms with Crippen LogP contribution in [0.3, 0.4) is 0 Å². The van der Waals surface area contributed by atoms with E-state index in [0.717, 1.165) is 23.6 Å². The number of carbonyl (C=O) groups excluding carboxylic acids is 2. The summed E-state index contributed by atoms with van der Waals surface area (Å²) >= 11 is 0. The third kappa shape index (κ3) is 6.30. The van der Waals surface area contributed by atoms with Crippen LogP contribution in [0.25, 0.3) is 0 Å². The molecule has 2 aromatic carbocycles. The van der Waals surface area contributed by atoms with Crippen LogP contribution in [0.2, 0.25) is 0 Å². The Hall–Kier alpha value is -3.94. The van der Waals surface area contributed by atoms with Crippen molar-refractivity contribution in [3.8, 4) is 0 Å². The van der Waals surface area contributed by atoms with Gasteiger partial charge in [0, 0.05) is 29.7 Å². The molecule has 0 bridgehead atoms. The Bertz CT molecular complexity index is 1900. The van der Waals surface area contributed by atoms with Crippen molar-refractivity contribution in [2.24, 2.45) is 15.7 Å². The largest absolute Gasteiger partial charge is 0.341 e. The summed E-state index contributed by atoms with van der Waals surface area (Å²) in [5.41, 5.74) is 1.14. The fourth-order valence-corrected chi connectivity index (χ4v) is 7.24. The first-order valence-electron chi connectivity index (χ1n) is 14.1. The molecule has 2 unspecified atom stereocenters. The molecule has 11 nitrogen and oxygen atoms in total. The van der Waals surface area contributed by atoms with Gasteiger partial charge in [-0.1, -0.05) is 51.1 Å². The van der Waals surface area contributed by atoms with Gasteiger partial charge in [-0.05, 0) is 60.6 Å². The maximum absolute atomic E-state index is 14.8. The molecule has 13 heteroatoms. The predicted octanol–water partition coefficient (Wildman–Crippen LogP) is 4.17. The van der Waals surface area contributed by atoms with Crippen LogP contribution >= 0.6 is 0 Å². The summed E-state index contributed by atoms with van der Waals surface area (Å²) < 4.78 is 56.4. The molecular weight excluding hydrogens is 603 g/mol. The lowest BCUT2D eigenvalue weighted by atomic mass is 9.66. The highest BCUT2D eigenvalue weighted by atomic mass is 32.2. The number of aromatic nitrogens is 1. The highest BCUT2D eigenvalue weighted by Crippen LogP contribution is 2.43. The van der Waals surface area contributed by atoms with Crippen LogP contribution in [0, 0.1) is 18.3 Å². The van der Waals surface area contributed by atoms with E-state index >= 15 is 0 Å². The lowest BCUT2D eigenvalue weighted by Crippen LogP contribution is -2.59. The third-order valence-electron chi connectivity index (χ3n) is 7.73. The van der Waals surface area contributed by atoms with E-state index in [4.69, 9.17) is 0 Å². The molecule has 3 N–H and O–H groups in total. The molecule has 0 fully saturated rings. The Labute approximate surface area is 257 Å². The summed E-state index contributed by atoms with van der Waals surface area (Å²) in [6, 6.07) is 14.6. The van der Waals surface area contributed by atoms with Crippen LogP contribution in [0.4, 0.5) is 11.4 Å². The Morgan fingerprint density at radius 2 is 1.77 bits per heavy atom. The summed E-state index contributed by atoms with van der Waals surface area (Å²) in [6.07, 6.45) is 3.63. The number of aryl methyl sites for hydroxylation is 1. The Morgan fingerprint density at radius 1 is 1.05 bits per heavy atom. The number of nitrogens with one attached hydrogen (secondary N) is 3. The first kappa shape index (κ1) is 31.5. The SMILES string of the molecule is Cc1ccc(CNC2(CCC(C)(C)C)C(=O)C(C3=NS(=O)(=O)c4cc(NS(C)(=O)=O)ccc4N3)C(=O)c3ccccc32)cn1. The number of fused-ring (bicyclic) bond motifs is 2. The van der Waals surface area contributed by atoms with Crippen LogP contribution in [-0.2, 0) is 36.9 Å². The van der Waals surface area contributed by atoms with E-state index in [-0.39, 0.29) is 34.1 Å². The van der Waals surface area contributed by atoms with Crippen molar-refractivity contribution in [1.29, 1.82) is 0 Å². The molecule has 44 heavy (non-hydrogen) atoms. The van der Waals surface area contributed by atoms with E-state index in [1.807, 2.05) is 19.1 Å². The number of carbonyl (C=O) groups is 2. The molecule has 0 amide bonds. The molecule has 1 aliphatic carbocycles. The molecule has 0 saturated heterocycles. The van der Waals surface area contributed by atoms with Gasteiger partial charge in [0.25, 0.3) is 10.0 Å². The second-order valence-electron chi connectivity index (χ2n) is 12.5. The maximum atomic E-state index is 14.8. The first-order valence-corrected chi connectivity index (χ1v) is 17.4. The van der Waals surface area contributed by atoms with Crippen LogP contribution in [-0.4, -0.2) is 45.5 Å². The zero-order chi connectivity index (χ0) is 32.1. The minimum Gasteiger partial charge on any atom is -0.341 e. The van der Waals surface area contributed by atoms with Gasteiger partial charge in [0.2, 0.25) is 10.0 Å². The van der Waals surface area contributed by atoms with E-state index in [1.54, 1.807) is 30.5 Å². The van der Waals surface area contributed by atoms with Crippen LogP contribution < -0.4 is 15.4 Å². The average Bonchev–Trinajstić information content (AvgIpc) is 2.92. The number of pyridine rings is 1. The number of benzene rings is 2. The van der Waals surface area contributed by atoms with Crippen molar-refractivity contribution in [3.05, 3.63) is 83.2 Å². The Kier molecular flexibility index (Phi) is 8.02. The van der Waals surface area contributed by atoms with E-state index in [0.29, 0.717) is 24.0 Å². The molecule has 0 radical (unpaired) electrons. The molecule has 1 aromatic heterocycles. The van der Waals surface area contributed by atoms with Crippen molar-refractivity contribution in [1.82, 2.24) is 10.3 Å². The van der Waals surface area contributed by atoms with Gasteiger partial charge in [-0.25, -0.2) is 8.42 Å². The average molecular weight is 638 g/mol. The van der Waals surface area contributed by atoms with Crippen molar-refractivity contribution in [2.75, 3.05) is 16.3 Å². The number of nitrogens with zero attached hydrogens (tertiary/aromatic N) is 2. The molecule has 2 atom stereocenters. The lowest BCUT2D eigenvalue weighted by molar-refractivity contribution is -0.128. The summed E-state index contributed by atoms with van der Waals surface area (Å²) in [5.74, 6) is -2.91. The number of anilines is 2. The van der Waals surface area contributed by atoms with Gasteiger partial charge in [0.1, 0.15) is 22.2 Å². The summed E-state index contributed by atoms with van der Waals surface area (Å²) in [4.78, 5) is 32.8. The second kappa shape index (κ2) is 11.2. The monoisotopic (exact) mass is 637 g/mol. The lowest BCUT2D eigenvalue weighted by Gasteiger charge is -2.43. The van der Waals surface area contributed by atoms with E-state index in [1.165, 1.54) is 12.1 Å². The van der Waals surface area contributed by atoms with Crippen molar-refractivity contribution in [2.45, 2.75) is 57.5 Å². The van der Waals surface area contributed by atoms with E-state index < -0.39 is 43.1 Å². The maximum Gasteiger partial charge on any atom is 0.286 e. The van der Waals surface area contributed by atoms with Gasteiger partial charge in [0.05, 0.1) is 11.9 Å². The topological polar surface area (TPSA) is 164 Å². The molecular formula is C31H35N5O6S2. The summed E-state index contributed by atoms with van der Waals surface area (Å²) in [6.45, 7) is 8.35. The second-order valence-corrected chi connectivity index (χ2v) is 15.8. The van der Waals surface area contributed by atoms with E-state index in [9.17, 15) is 26.4 Å². The molecule has 2 aliphatic rings.